The van der Waals surface area contributed by atoms with Crippen LogP contribution in [0.1, 0.15) is 13.8 Å². The van der Waals surface area contributed by atoms with E-state index in [0.29, 0.717) is 6.61 Å². The Bertz CT molecular complexity index is 285. The summed E-state index contributed by atoms with van der Waals surface area (Å²) in [4.78, 5) is 0. The van der Waals surface area contributed by atoms with Crippen LogP contribution < -0.4 is 0 Å². The number of fused-ring (bicyclic) bond motifs is 3. The third-order valence-corrected chi connectivity index (χ3v) is 3.37. The van der Waals surface area contributed by atoms with E-state index >= 15 is 0 Å². The van der Waals surface area contributed by atoms with Crippen LogP contribution in [0.3, 0.4) is 0 Å². The molecule has 6 heteroatoms. The normalized spacial score (nSPS) is 54.2. The molecule has 0 aromatic rings. The Morgan fingerprint density at radius 3 is 2.35 bits per heavy atom. The van der Waals surface area contributed by atoms with Gasteiger partial charge in [-0.2, -0.15) is 0 Å². The van der Waals surface area contributed by atoms with Crippen molar-refractivity contribution in [3.63, 3.8) is 0 Å². The van der Waals surface area contributed by atoms with E-state index < -0.39 is 6.29 Å². The van der Waals surface area contributed by atoms with Gasteiger partial charge in [-0.15, -0.1) is 0 Å². The van der Waals surface area contributed by atoms with Crippen molar-refractivity contribution in [3.05, 3.63) is 0 Å². The third-order valence-electron chi connectivity index (χ3n) is 3.37. The first-order valence-corrected chi connectivity index (χ1v) is 5.95. The summed E-state index contributed by atoms with van der Waals surface area (Å²) in [6, 6.07) is 0. The van der Waals surface area contributed by atoms with Crippen LogP contribution in [0.4, 0.5) is 0 Å². The quantitative estimate of drug-likeness (QED) is 0.661. The van der Waals surface area contributed by atoms with Gasteiger partial charge >= 0.3 is 0 Å². The molecule has 7 atom stereocenters. The van der Waals surface area contributed by atoms with Crippen LogP contribution in [0.5, 0.6) is 0 Å². The molecule has 0 aromatic carbocycles. The fourth-order valence-corrected chi connectivity index (χ4v) is 2.63. The van der Waals surface area contributed by atoms with E-state index in [1.54, 1.807) is 7.11 Å². The summed E-state index contributed by atoms with van der Waals surface area (Å²) in [5.41, 5.74) is 0. The Morgan fingerprint density at radius 1 is 0.882 bits per heavy atom. The van der Waals surface area contributed by atoms with Gasteiger partial charge in [0.25, 0.3) is 0 Å². The predicted octanol–water partition coefficient (Wildman–Crippen LogP) is 0.249. The van der Waals surface area contributed by atoms with Crippen molar-refractivity contribution < 1.29 is 28.4 Å². The molecule has 3 saturated heterocycles. The fraction of sp³-hybridized carbons (Fsp3) is 1.00. The minimum Gasteiger partial charge on any atom is -0.353 e. The van der Waals surface area contributed by atoms with E-state index in [1.807, 2.05) is 13.8 Å². The fourth-order valence-electron chi connectivity index (χ4n) is 2.63. The third kappa shape index (κ3) is 1.99. The zero-order valence-electron chi connectivity index (χ0n) is 10.2. The molecule has 0 aromatic heterocycles. The van der Waals surface area contributed by atoms with Gasteiger partial charge < -0.3 is 28.4 Å². The van der Waals surface area contributed by atoms with Gasteiger partial charge in [0, 0.05) is 7.11 Å². The van der Waals surface area contributed by atoms with Gasteiger partial charge in [0.1, 0.15) is 24.4 Å². The van der Waals surface area contributed by atoms with E-state index in [1.165, 1.54) is 0 Å². The summed E-state index contributed by atoms with van der Waals surface area (Å²) in [6.07, 6.45) is -1.62. The monoisotopic (exact) mass is 246 g/mol. The topological polar surface area (TPSA) is 55.4 Å². The van der Waals surface area contributed by atoms with Gasteiger partial charge in [-0.1, -0.05) is 0 Å². The molecule has 17 heavy (non-hydrogen) atoms. The molecule has 3 rings (SSSR count). The van der Waals surface area contributed by atoms with E-state index in [4.69, 9.17) is 28.4 Å². The van der Waals surface area contributed by atoms with E-state index in [9.17, 15) is 0 Å². The Morgan fingerprint density at radius 2 is 1.59 bits per heavy atom. The van der Waals surface area contributed by atoms with Crippen molar-refractivity contribution in [2.75, 3.05) is 13.7 Å². The highest BCUT2D eigenvalue weighted by Crippen LogP contribution is 2.36. The molecule has 3 fully saturated rings. The second-order valence-electron chi connectivity index (χ2n) is 4.55. The first-order chi connectivity index (χ1) is 8.19. The second kappa shape index (κ2) is 4.46. The number of rotatable bonds is 1. The number of ether oxygens (including phenoxy) is 6. The Balaban J connectivity index is 1.80. The van der Waals surface area contributed by atoms with Crippen LogP contribution in [0, 0.1) is 0 Å². The lowest BCUT2D eigenvalue weighted by atomic mass is 9.98. The van der Waals surface area contributed by atoms with Gasteiger partial charge in [0.05, 0.1) is 6.61 Å². The van der Waals surface area contributed by atoms with E-state index in [2.05, 4.69) is 0 Å². The Labute approximate surface area is 100 Å². The van der Waals surface area contributed by atoms with Gasteiger partial charge in [0.2, 0.25) is 0 Å². The maximum Gasteiger partial charge on any atom is 0.186 e. The molecule has 0 radical (unpaired) electrons. The summed E-state index contributed by atoms with van der Waals surface area (Å²) in [5.74, 6) is 0. The SMILES string of the molecule is CO[C@H]1O[C@@H]2COC(C)O[C@H]2[C@@H]2OC(C)O[C@H]12. The standard InChI is InChI=1S/C11H18O6/c1-5-13-4-7-8(14-5)9-10(11(12-3)17-7)16-6(2)15-9/h5-11H,4H2,1-3H3/t5?,6?,7-,8-,9+,10+,11+/m1/s1. The molecule has 0 saturated carbocycles. The van der Waals surface area contributed by atoms with Crippen molar-refractivity contribution in [2.45, 2.75) is 57.1 Å². The van der Waals surface area contributed by atoms with Crippen LogP contribution in [-0.4, -0.2) is 57.0 Å². The number of methoxy groups -OCH3 is 1. The summed E-state index contributed by atoms with van der Waals surface area (Å²) in [7, 11) is 1.60. The lowest BCUT2D eigenvalue weighted by Gasteiger charge is -2.45. The van der Waals surface area contributed by atoms with Crippen LogP contribution in [0.2, 0.25) is 0 Å². The van der Waals surface area contributed by atoms with Crippen molar-refractivity contribution >= 4 is 0 Å². The highest BCUT2D eigenvalue weighted by atomic mass is 16.8. The van der Waals surface area contributed by atoms with Crippen LogP contribution >= 0.6 is 0 Å². The molecule has 0 amide bonds. The van der Waals surface area contributed by atoms with Crippen molar-refractivity contribution in [1.29, 1.82) is 0 Å². The average Bonchev–Trinajstić information content (AvgIpc) is 2.70. The molecule has 6 nitrogen and oxygen atoms in total. The number of hydrogen-bond acceptors (Lipinski definition) is 6. The highest BCUT2D eigenvalue weighted by Gasteiger charge is 2.54. The summed E-state index contributed by atoms with van der Waals surface area (Å²) in [6.45, 7) is 4.22. The first-order valence-electron chi connectivity index (χ1n) is 5.95. The second-order valence-corrected chi connectivity index (χ2v) is 4.55. The van der Waals surface area contributed by atoms with Crippen molar-refractivity contribution in [3.8, 4) is 0 Å². The Hall–Kier alpha value is -0.240. The van der Waals surface area contributed by atoms with Crippen LogP contribution in [0.15, 0.2) is 0 Å². The van der Waals surface area contributed by atoms with E-state index in [-0.39, 0.29) is 37.0 Å². The molecular formula is C11H18O6. The molecule has 0 bridgehead atoms. The molecule has 3 heterocycles. The van der Waals surface area contributed by atoms with E-state index in [0.717, 1.165) is 0 Å². The highest BCUT2D eigenvalue weighted by molar-refractivity contribution is 4.96. The summed E-state index contributed by atoms with van der Waals surface area (Å²) < 4.78 is 33.6. The van der Waals surface area contributed by atoms with Gasteiger partial charge in [0.15, 0.2) is 18.9 Å². The zero-order valence-corrected chi connectivity index (χ0v) is 10.2. The van der Waals surface area contributed by atoms with Gasteiger partial charge in [-0.3, -0.25) is 0 Å². The number of hydrogen-bond donors (Lipinski definition) is 0. The maximum atomic E-state index is 5.77. The predicted molar refractivity (Wildman–Crippen MR) is 55.2 cm³/mol. The van der Waals surface area contributed by atoms with Crippen molar-refractivity contribution in [2.24, 2.45) is 0 Å². The molecule has 98 valence electrons. The Kier molecular flexibility index (Phi) is 3.10. The maximum absolute atomic E-state index is 5.77. The minimum atomic E-state index is -0.424. The average molecular weight is 246 g/mol. The first kappa shape index (κ1) is 11.8. The molecule has 3 aliphatic heterocycles. The molecule has 0 spiro atoms. The van der Waals surface area contributed by atoms with Crippen molar-refractivity contribution in [1.82, 2.24) is 0 Å². The molecule has 3 aliphatic rings. The minimum absolute atomic E-state index is 0.153. The van der Waals surface area contributed by atoms with Crippen LogP contribution in [-0.2, 0) is 28.4 Å². The zero-order chi connectivity index (χ0) is 12.0. The molecule has 2 unspecified atom stereocenters. The lowest BCUT2D eigenvalue weighted by molar-refractivity contribution is -0.337. The smallest absolute Gasteiger partial charge is 0.186 e. The lowest BCUT2D eigenvalue weighted by Crippen LogP contribution is -2.61. The molecule has 0 N–H and O–H groups in total. The summed E-state index contributed by atoms with van der Waals surface area (Å²) >= 11 is 0. The molecule has 0 aliphatic carbocycles. The van der Waals surface area contributed by atoms with Crippen LogP contribution in [0.25, 0.3) is 0 Å². The molecular weight excluding hydrogens is 228 g/mol. The summed E-state index contributed by atoms with van der Waals surface area (Å²) in [5, 5.41) is 0. The largest absolute Gasteiger partial charge is 0.353 e. The van der Waals surface area contributed by atoms with Gasteiger partial charge in [-0.05, 0) is 13.8 Å². The van der Waals surface area contributed by atoms with Gasteiger partial charge in [-0.25, -0.2) is 0 Å².